The van der Waals surface area contributed by atoms with E-state index in [4.69, 9.17) is 14.9 Å². The van der Waals surface area contributed by atoms with Crippen molar-refractivity contribution in [1.29, 1.82) is 0 Å². The summed E-state index contributed by atoms with van der Waals surface area (Å²) in [6.45, 7) is 10.4. The van der Waals surface area contributed by atoms with Crippen LogP contribution in [0.4, 0.5) is 0 Å². The van der Waals surface area contributed by atoms with Gasteiger partial charge in [0.05, 0.1) is 11.7 Å². The Morgan fingerprint density at radius 2 is 1.40 bits per heavy atom. The Labute approximate surface area is 147 Å². The highest BCUT2D eigenvalue weighted by Gasteiger charge is 2.30. The van der Waals surface area contributed by atoms with Gasteiger partial charge in [-0.05, 0) is 54.4 Å². The zero-order chi connectivity index (χ0) is 20.0. The summed E-state index contributed by atoms with van der Waals surface area (Å²) in [5.74, 6) is -5.25. The first kappa shape index (κ1) is 22.8. The van der Waals surface area contributed by atoms with Crippen molar-refractivity contribution < 1.29 is 34.1 Å². The molecule has 0 spiro atoms. The van der Waals surface area contributed by atoms with Gasteiger partial charge in [-0.3, -0.25) is 9.59 Å². The van der Waals surface area contributed by atoms with Gasteiger partial charge in [-0.15, -0.1) is 0 Å². The lowest BCUT2D eigenvalue weighted by Gasteiger charge is -2.35. The third kappa shape index (κ3) is 9.65. The Kier molecular flexibility index (Phi) is 8.04. The first-order chi connectivity index (χ1) is 11.1. The van der Waals surface area contributed by atoms with Gasteiger partial charge in [0, 0.05) is 11.6 Å². The van der Waals surface area contributed by atoms with Crippen LogP contribution in [0.5, 0.6) is 0 Å². The van der Waals surface area contributed by atoms with Gasteiger partial charge in [-0.2, -0.15) is 0 Å². The van der Waals surface area contributed by atoms with Crippen molar-refractivity contribution in [2.75, 3.05) is 0 Å². The van der Waals surface area contributed by atoms with E-state index < -0.39 is 40.9 Å². The highest BCUT2D eigenvalue weighted by atomic mass is 16.5. The summed E-state index contributed by atoms with van der Waals surface area (Å²) in [6, 6.07) is -0.412. The van der Waals surface area contributed by atoms with Crippen molar-refractivity contribution in [3.63, 3.8) is 0 Å². The van der Waals surface area contributed by atoms with Crippen LogP contribution in [0.1, 0.15) is 54.4 Å². The highest BCUT2D eigenvalue weighted by molar-refractivity contribution is 6.32. The molecule has 0 aliphatic carbocycles. The number of aliphatic carboxylic acids is 2. The maximum Gasteiger partial charge on any atom is 0.394 e. The molecule has 144 valence electrons. The fourth-order valence-electron chi connectivity index (χ4n) is 2.84. The molecule has 0 aromatic carbocycles. The van der Waals surface area contributed by atoms with E-state index >= 15 is 0 Å². The summed E-state index contributed by atoms with van der Waals surface area (Å²) in [4.78, 5) is 43.6. The molecule has 0 rings (SSSR count). The van der Waals surface area contributed by atoms with E-state index in [0.717, 1.165) is 0 Å². The third-order valence-corrected chi connectivity index (χ3v) is 3.33. The second kappa shape index (κ2) is 8.80. The summed E-state index contributed by atoms with van der Waals surface area (Å²) >= 11 is 0. The number of nitrogens with one attached hydrogen (secondary N) is 2. The molecule has 0 aromatic rings. The number of hydrogen-bond acceptors (Lipinski definition) is 5. The number of ether oxygens (including phenoxy) is 1. The SMILES string of the molecule is CC(CC(C)(C)OC(C)CC(C)(C)NC(=O)C(=O)O)NC(=O)C(=O)O. The van der Waals surface area contributed by atoms with Crippen molar-refractivity contribution in [2.24, 2.45) is 0 Å². The molecular weight excluding hydrogens is 332 g/mol. The van der Waals surface area contributed by atoms with E-state index in [0.29, 0.717) is 12.8 Å². The predicted octanol–water partition coefficient (Wildman–Crippen LogP) is 0.519. The molecule has 0 saturated heterocycles. The van der Waals surface area contributed by atoms with Crippen molar-refractivity contribution in [3.05, 3.63) is 0 Å². The van der Waals surface area contributed by atoms with Crippen LogP contribution in [0.25, 0.3) is 0 Å². The second-order valence-electron chi connectivity index (χ2n) is 7.42. The van der Waals surface area contributed by atoms with Gasteiger partial charge in [-0.25, -0.2) is 9.59 Å². The smallest absolute Gasteiger partial charge is 0.394 e. The maximum atomic E-state index is 11.3. The van der Waals surface area contributed by atoms with Gasteiger partial charge in [0.25, 0.3) is 0 Å². The van der Waals surface area contributed by atoms with Crippen LogP contribution in [-0.2, 0) is 23.9 Å². The summed E-state index contributed by atoms with van der Waals surface area (Å²) in [5, 5.41) is 22.0. The number of carbonyl (C=O) groups excluding carboxylic acids is 2. The lowest BCUT2D eigenvalue weighted by atomic mass is 9.95. The van der Waals surface area contributed by atoms with Crippen LogP contribution in [0.2, 0.25) is 0 Å². The average molecular weight is 360 g/mol. The van der Waals surface area contributed by atoms with Gasteiger partial charge >= 0.3 is 23.8 Å². The van der Waals surface area contributed by atoms with Crippen molar-refractivity contribution in [2.45, 2.75) is 77.7 Å². The van der Waals surface area contributed by atoms with Gasteiger partial charge in [0.1, 0.15) is 0 Å². The Hall–Kier alpha value is -2.16. The Morgan fingerprint density at radius 1 is 0.920 bits per heavy atom. The number of amides is 2. The van der Waals surface area contributed by atoms with Crippen LogP contribution in [0.15, 0.2) is 0 Å². The third-order valence-electron chi connectivity index (χ3n) is 3.33. The van der Waals surface area contributed by atoms with Crippen LogP contribution < -0.4 is 10.6 Å². The normalized spacial score (nSPS) is 14.3. The number of carboxylic acid groups (broad SMARTS) is 2. The molecule has 0 bridgehead atoms. The molecular formula is C16H28N2O7. The largest absolute Gasteiger partial charge is 0.474 e. The molecule has 0 heterocycles. The van der Waals surface area contributed by atoms with E-state index in [1.807, 2.05) is 0 Å². The molecule has 0 fully saturated rings. The van der Waals surface area contributed by atoms with Crippen LogP contribution in [0.3, 0.4) is 0 Å². The average Bonchev–Trinajstić information content (AvgIpc) is 2.34. The maximum absolute atomic E-state index is 11.3. The lowest BCUT2D eigenvalue weighted by molar-refractivity contribution is -0.151. The number of rotatable bonds is 8. The highest BCUT2D eigenvalue weighted by Crippen LogP contribution is 2.23. The number of carbonyl (C=O) groups is 4. The van der Waals surface area contributed by atoms with Gasteiger partial charge in [-0.1, -0.05) is 0 Å². The molecule has 0 aromatic heterocycles. The fraction of sp³-hybridized carbons (Fsp3) is 0.750. The van der Waals surface area contributed by atoms with Crippen molar-refractivity contribution >= 4 is 23.8 Å². The Balaban J connectivity index is 4.62. The van der Waals surface area contributed by atoms with E-state index in [1.165, 1.54) is 0 Å². The molecule has 0 aliphatic rings. The van der Waals surface area contributed by atoms with Gasteiger partial charge < -0.3 is 25.6 Å². The van der Waals surface area contributed by atoms with E-state index in [1.54, 1.807) is 41.5 Å². The molecule has 2 atom stereocenters. The molecule has 9 nitrogen and oxygen atoms in total. The van der Waals surface area contributed by atoms with Crippen molar-refractivity contribution in [3.8, 4) is 0 Å². The van der Waals surface area contributed by atoms with Crippen LogP contribution >= 0.6 is 0 Å². The van der Waals surface area contributed by atoms with E-state index in [9.17, 15) is 19.2 Å². The van der Waals surface area contributed by atoms with E-state index in [-0.39, 0.29) is 6.10 Å². The lowest BCUT2D eigenvalue weighted by Crippen LogP contribution is -2.49. The second-order valence-corrected chi connectivity index (χ2v) is 7.42. The molecule has 4 N–H and O–H groups in total. The van der Waals surface area contributed by atoms with Crippen molar-refractivity contribution in [1.82, 2.24) is 10.6 Å². The molecule has 2 unspecified atom stereocenters. The summed E-state index contributed by atoms with van der Waals surface area (Å²) in [6.07, 6.45) is 0.422. The zero-order valence-electron chi connectivity index (χ0n) is 15.5. The molecule has 2 amide bonds. The van der Waals surface area contributed by atoms with Gasteiger partial charge in [0.15, 0.2) is 0 Å². The van der Waals surface area contributed by atoms with Gasteiger partial charge in [0.2, 0.25) is 0 Å². The standard InChI is InChI=1S/C16H28N2O7/c1-9(17-11(19)13(21)22)7-16(5,6)25-10(2)8-15(3,4)18-12(20)14(23)24/h9-10H,7-8H2,1-6H3,(H,17,19)(H,18,20)(H,21,22)(H,23,24). The first-order valence-electron chi connectivity index (χ1n) is 7.92. The quantitative estimate of drug-likeness (QED) is 0.462. The molecule has 25 heavy (non-hydrogen) atoms. The minimum Gasteiger partial charge on any atom is -0.474 e. The minimum absolute atomic E-state index is 0.318. The predicted molar refractivity (Wildman–Crippen MR) is 89.0 cm³/mol. The van der Waals surface area contributed by atoms with Crippen LogP contribution in [-0.4, -0.2) is 57.3 Å². The molecule has 0 aliphatic heterocycles. The van der Waals surface area contributed by atoms with E-state index in [2.05, 4.69) is 10.6 Å². The fourth-order valence-corrected chi connectivity index (χ4v) is 2.84. The Bertz CT molecular complexity index is 529. The topological polar surface area (TPSA) is 142 Å². The summed E-state index contributed by atoms with van der Waals surface area (Å²) in [7, 11) is 0. The number of hydrogen-bond donors (Lipinski definition) is 4. The Morgan fingerprint density at radius 3 is 1.84 bits per heavy atom. The number of carboxylic acids is 2. The molecule has 9 heteroatoms. The minimum atomic E-state index is -1.55. The molecule has 0 radical (unpaired) electrons. The van der Waals surface area contributed by atoms with Crippen LogP contribution in [0, 0.1) is 0 Å². The molecule has 0 saturated carbocycles. The zero-order valence-corrected chi connectivity index (χ0v) is 15.5. The first-order valence-corrected chi connectivity index (χ1v) is 7.92. The monoisotopic (exact) mass is 360 g/mol. The summed E-state index contributed by atoms with van der Waals surface area (Å²) < 4.78 is 5.93. The summed E-state index contributed by atoms with van der Waals surface area (Å²) in [5.41, 5.74) is -1.45.